The van der Waals surface area contributed by atoms with Gasteiger partial charge in [-0.15, -0.1) is 0 Å². The van der Waals surface area contributed by atoms with E-state index in [9.17, 15) is 13.6 Å². The zero-order valence-electron chi connectivity index (χ0n) is 16.3. The fraction of sp³-hybridized carbons (Fsp3) is 0.381. The number of nitrogens with one attached hydrogen (secondary N) is 1. The first-order valence-electron chi connectivity index (χ1n) is 8.80. The molecule has 4 nitrogen and oxygen atoms in total. The van der Waals surface area contributed by atoms with E-state index < -0.39 is 6.61 Å². The summed E-state index contributed by atoms with van der Waals surface area (Å²) in [6.45, 7) is 5.49. The molecule has 0 radical (unpaired) electrons. The number of aryl methyl sites for hydroxylation is 3. The summed E-state index contributed by atoms with van der Waals surface area (Å²) in [7, 11) is 1.85. The minimum Gasteiger partial charge on any atom is -0.435 e. The smallest absolute Gasteiger partial charge is 0.387 e. The monoisotopic (exact) mass is 376 g/mol. The first-order chi connectivity index (χ1) is 12.7. The molecule has 0 spiro atoms. The molecule has 0 heterocycles. The topological polar surface area (TPSA) is 41.6 Å². The Kier molecular flexibility index (Phi) is 6.91. The number of amides is 1. The summed E-state index contributed by atoms with van der Waals surface area (Å²) >= 11 is 0. The zero-order chi connectivity index (χ0) is 20.1. The molecule has 6 heteroatoms. The first kappa shape index (κ1) is 20.8. The van der Waals surface area contributed by atoms with Crippen molar-refractivity contribution >= 4 is 11.6 Å². The van der Waals surface area contributed by atoms with Gasteiger partial charge in [-0.3, -0.25) is 9.69 Å². The molecule has 0 aliphatic heterocycles. The highest BCUT2D eigenvalue weighted by molar-refractivity contribution is 5.95. The number of anilines is 1. The summed E-state index contributed by atoms with van der Waals surface area (Å²) in [5, 5.41) is 3.02. The zero-order valence-corrected chi connectivity index (χ0v) is 16.3. The molecule has 2 aromatic carbocycles. The SMILES string of the molecule is Cc1cc(C)c(NC(=O)C(C)N(C)Cc2ccc(OC(F)F)cc2)c(C)c1. The number of nitrogens with zero attached hydrogens (tertiary/aromatic N) is 1. The minimum atomic E-state index is -2.84. The van der Waals surface area contributed by atoms with Crippen molar-refractivity contribution in [3.8, 4) is 5.75 Å². The van der Waals surface area contributed by atoms with Gasteiger partial charge in [0.2, 0.25) is 5.91 Å². The Labute approximate surface area is 159 Å². The molecule has 0 bridgehead atoms. The Morgan fingerprint density at radius 3 is 2.19 bits per heavy atom. The van der Waals surface area contributed by atoms with E-state index in [4.69, 9.17) is 0 Å². The number of carbonyl (C=O) groups excluding carboxylic acids is 1. The van der Waals surface area contributed by atoms with Crippen LogP contribution < -0.4 is 10.1 Å². The standard InChI is InChI=1S/C21H26F2N2O2/c1-13-10-14(2)19(15(3)11-13)24-20(26)16(4)25(5)12-17-6-8-18(9-7-17)27-21(22)23/h6-11,16,21H,12H2,1-5H3,(H,24,26). The highest BCUT2D eigenvalue weighted by Crippen LogP contribution is 2.22. The lowest BCUT2D eigenvalue weighted by Gasteiger charge is -2.25. The van der Waals surface area contributed by atoms with Crippen LogP contribution in [0.4, 0.5) is 14.5 Å². The van der Waals surface area contributed by atoms with Gasteiger partial charge in [-0.05, 0) is 63.6 Å². The summed E-state index contributed by atoms with van der Waals surface area (Å²) in [5.74, 6) is 0.0257. The normalized spacial score (nSPS) is 12.3. The number of hydrogen-bond acceptors (Lipinski definition) is 3. The van der Waals surface area contributed by atoms with Crippen LogP contribution in [0.25, 0.3) is 0 Å². The van der Waals surface area contributed by atoms with Crippen LogP contribution in [0.15, 0.2) is 36.4 Å². The Bertz CT molecular complexity index is 768. The minimum absolute atomic E-state index is 0.0924. The maximum Gasteiger partial charge on any atom is 0.387 e. The van der Waals surface area contributed by atoms with Crippen molar-refractivity contribution in [3.05, 3.63) is 58.7 Å². The average molecular weight is 376 g/mol. The largest absolute Gasteiger partial charge is 0.435 e. The Hall–Kier alpha value is -2.47. The molecule has 1 unspecified atom stereocenters. The molecule has 1 amide bonds. The number of likely N-dealkylation sites (N-methyl/N-ethyl adjacent to an activating group) is 1. The number of halogens is 2. The van der Waals surface area contributed by atoms with Crippen LogP contribution in [0.3, 0.4) is 0 Å². The van der Waals surface area contributed by atoms with Gasteiger partial charge < -0.3 is 10.1 Å². The molecule has 2 aromatic rings. The van der Waals surface area contributed by atoms with E-state index in [1.54, 1.807) is 12.1 Å². The molecular formula is C21H26F2N2O2. The number of alkyl halides is 2. The van der Waals surface area contributed by atoms with Crippen LogP contribution in [-0.2, 0) is 11.3 Å². The van der Waals surface area contributed by atoms with Gasteiger partial charge in [0.1, 0.15) is 5.75 Å². The fourth-order valence-corrected chi connectivity index (χ4v) is 3.01. The third-order valence-electron chi connectivity index (χ3n) is 4.55. The fourth-order valence-electron chi connectivity index (χ4n) is 3.01. The number of carbonyl (C=O) groups is 1. The number of hydrogen-bond donors (Lipinski definition) is 1. The van der Waals surface area contributed by atoms with Crippen LogP contribution >= 0.6 is 0 Å². The van der Waals surface area contributed by atoms with E-state index in [1.165, 1.54) is 12.1 Å². The van der Waals surface area contributed by atoms with E-state index in [0.29, 0.717) is 6.54 Å². The molecule has 0 saturated carbocycles. The Morgan fingerprint density at radius 1 is 1.11 bits per heavy atom. The number of rotatable bonds is 7. The van der Waals surface area contributed by atoms with Gasteiger partial charge in [0.25, 0.3) is 0 Å². The summed E-state index contributed by atoms with van der Waals surface area (Å²) in [4.78, 5) is 14.6. The van der Waals surface area contributed by atoms with Crippen LogP contribution in [0.1, 0.15) is 29.2 Å². The lowest BCUT2D eigenvalue weighted by molar-refractivity contribution is -0.120. The lowest BCUT2D eigenvalue weighted by atomic mass is 10.0. The van der Waals surface area contributed by atoms with Gasteiger partial charge >= 0.3 is 6.61 Å². The second-order valence-corrected chi connectivity index (χ2v) is 6.88. The highest BCUT2D eigenvalue weighted by atomic mass is 19.3. The van der Waals surface area contributed by atoms with Gasteiger partial charge in [0.05, 0.1) is 6.04 Å². The van der Waals surface area contributed by atoms with E-state index >= 15 is 0 Å². The van der Waals surface area contributed by atoms with E-state index in [2.05, 4.69) is 10.1 Å². The Morgan fingerprint density at radius 2 is 1.67 bits per heavy atom. The van der Waals surface area contributed by atoms with Gasteiger partial charge in [0.15, 0.2) is 0 Å². The van der Waals surface area contributed by atoms with Gasteiger partial charge in [-0.2, -0.15) is 8.78 Å². The van der Waals surface area contributed by atoms with Gasteiger partial charge in [0, 0.05) is 12.2 Å². The molecule has 0 aromatic heterocycles. The number of ether oxygens (including phenoxy) is 1. The predicted molar refractivity (Wildman–Crippen MR) is 103 cm³/mol. The first-order valence-corrected chi connectivity index (χ1v) is 8.80. The van der Waals surface area contributed by atoms with Crippen LogP contribution in [0.2, 0.25) is 0 Å². The molecule has 2 rings (SSSR count). The summed E-state index contributed by atoms with van der Waals surface area (Å²) in [5.41, 5.74) is 4.98. The van der Waals surface area contributed by atoms with E-state index in [1.807, 2.05) is 51.8 Å². The van der Waals surface area contributed by atoms with Crippen molar-refractivity contribution in [2.75, 3.05) is 12.4 Å². The molecule has 0 fully saturated rings. The van der Waals surface area contributed by atoms with Crippen molar-refractivity contribution in [2.24, 2.45) is 0 Å². The van der Waals surface area contributed by atoms with E-state index in [0.717, 1.165) is 27.9 Å². The summed E-state index contributed by atoms with van der Waals surface area (Å²) in [6, 6.07) is 10.2. The van der Waals surface area contributed by atoms with Crippen molar-refractivity contribution in [1.29, 1.82) is 0 Å². The highest BCUT2D eigenvalue weighted by Gasteiger charge is 2.19. The van der Waals surface area contributed by atoms with Crippen LogP contribution in [-0.4, -0.2) is 30.5 Å². The summed E-state index contributed by atoms with van der Waals surface area (Å²) in [6.07, 6.45) is 0. The van der Waals surface area contributed by atoms with Crippen molar-refractivity contribution in [2.45, 2.75) is 46.9 Å². The lowest BCUT2D eigenvalue weighted by Crippen LogP contribution is -2.39. The van der Waals surface area contributed by atoms with Gasteiger partial charge in [-0.1, -0.05) is 29.8 Å². The third kappa shape index (κ3) is 5.76. The molecule has 0 aliphatic carbocycles. The van der Waals surface area contributed by atoms with Gasteiger partial charge in [-0.25, -0.2) is 0 Å². The third-order valence-corrected chi connectivity index (χ3v) is 4.55. The molecule has 0 aliphatic rings. The summed E-state index contributed by atoms with van der Waals surface area (Å²) < 4.78 is 28.8. The second-order valence-electron chi connectivity index (χ2n) is 6.88. The van der Waals surface area contributed by atoms with Crippen molar-refractivity contribution in [3.63, 3.8) is 0 Å². The van der Waals surface area contributed by atoms with Crippen molar-refractivity contribution in [1.82, 2.24) is 4.90 Å². The quantitative estimate of drug-likeness (QED) is 0.763. The van der Waals surface area contributed by atoms with Crippen molar-refractivity contribution < 1.29 is 18.3 Å². The second kappa shape index (κ2) is 8.95. The maximum absolute atomic E-state index is 12.7. The molecule has 1 N–H and O–H groups in total. The van der Waals surface area contributed by atoms with E-state index in [-0.39, 0.29) is 17.7 Å². The molecular weight excluding hydrogens is 350 g/mol. The average Bonchev–Trinajstić information content (AvgIpc) is 2.58. The maximum atomic E-state index is 12.7. The molecule has 0 saturated heterocycles. The number of benzene rings is 2. The predicted octanol–water partition coefficient (Wildman–Crippen LogP) is 4.67. The Balaban J connectivity index is 2.00. The van der Waals surface area contributed by atoms with Crippen LogP contribution in [0.5, 0.6) is 5.75 Å². The van der Waals surface area contributed by atoms with Crippen LogP contribution in [0, 0.1) is 20.8 Å². The molecule has 146 valence electrons. The molecule has 27 heavy (non-hydrogen) atoms. The molecule has 1 atom stereocenters.